The van der Waals surface area contributed by atoms with E-state index in [4.69, 9.17) is 4.74 Å². The number of carbonyl (C=O) groups excluding carboxylic acids is 1. The Kier molecular flexibility index (Phi) is 5.06. The highest BCUT2D eigenvalue weighted by atomic mass is 32.2. The van der Waals surface area contributed by atoms with Crippen molar-refractivity contribution in [2.45, 2.75) is 11.0 Å². The van der Waals surface area contributed by atoms with Gasteiger partial charge in [0.1, 0.15) is 11.9 Å². The average Bonchev–Trinajstić information content (AvgIpc) is 3.02. The number of nitro benzene ring substituents is 1. The molecule has 0 aliphatic carbocycles. The second-order valence-corrected chi connectivity index (χ2v) is 7.47. The monoisotopic (exact) mass is 395 g/mol. The van der Waals surface area contributed by atoms with Crippen LogP contribution in [0, 0.1) is 15.9 Å². The van der Waals surface area contributed by atoms with E-state index in [9.17, 15) is 27.7 Å². The normalized spacial score (nSPS) is 17.0. The van der Waals surface area contributed by atoms with Gasteiger partial charge < -0.3 is 4.74 Å². The van der Waals surface area contributed by atoms with Gasteiger partial charge in [-0.15, -0.1) is 0 Å². The Balaban J connectivity index is 1.66. The molecule has 27 heavy (non-hydrogen) atoms. The van der Waals surface area contributed by atoms with E-state index in [1.807, 2.05) is 0 Å². The van der Waals surface area contributed by atoms with Gasteiger partial charge in [0, 0.05) is 24.4 Å². The quantitative estimate of drug-likeness (QED) is 0.591. The molecule has 1 saturated heterocycles. The molecule has 1 atom stereocenters. The Morgan fingerprint density at radius 3 is 2.63 bits per heavy atom. The van der Waals surface area contributed by atoms with Gasteiger partial charge in [0.2, 0.25) is 10.0 Å². The van der Waals surface area contributed by atoms with E-state index in [0.717, 1.165) is 6.07 Å². The highest BCUT2D eigenvalue weighted by Gasteiger charge is 2.33. The van der Waals surface area contributed by atoms with E-state index in [-0.39, 0.29) is 23.7 Å². The van der Waals surface area contributed by atoms with Crippen LogP contribution in [0.15, 0.2) is 53.4 Å². The van der Waals surface area contributed by atoms with Crippen molar-refractivity contribution in [2.75, 3.05) is 18.0 Å². The number of benzene rings is 2. The third-order valence-corrected chi connectivity index (χ3v) is 5.27. The van der Waals surface area contributed by atoms with E-state index >= 15 is 0 Å². The fraction of sp³-hybridized carbons (Fsp3) is 0.188. The van der Waals surface area contributed by atoms with Crippen LogP contribution < -0.4 is 9.62 Å². The minimum atomic E-state index is -4.02. The lowest BCUT2D eigenvalue weighted by atomic mass is 10.2. The van der Waals surface area contributed by atoms with E-state index in [1.165, 1.54) is 47.4 Å². The largest absolute Gasteiger partial charge is 0.443 e. The number of anilines is 1. The molecule has 1 amide bonds. The molecule has 1 aliphatic rings. The molecule has 3 rings (SSSR count). The van der Waals surface area contributed by atoms with Crippen LogP contribution in [-0.4, -0.2) is 38.6 Å². The Morgan fingerprint density at radius 1 is 1.26 bits per heavy atom. The van der Waals surface area contributed by atoms with E-state index in [1.54, 1.807) is 0 Å². The number of ether oxygens (including phenoxy) is 1. The number of carbonyl (C=O) groups is 1. The molecule has 1 fully saturated rings. The van der Waals surface area contributed by atoms with Crippen LogP contribution in [0.3, 0.4) is 0 Å². The van der Waals surface area contributed by atoms with Gasteiger partial charge >= 0.3 is 6.09 Å². The SMILES string of the molecule is O=C1OC(CNS(=O)(=O)c2cccc([N+](=O)[O-])c2)CN1c1ccc(F)cc1. The zero-order chi connectivity index (χ0) is 19.6. The smallest absolute Gasteiger partial charge is 0.414 e. The number of hydrogen-bond acceptors (Lipinski definition) is 6. The highest BCUT2D eigenvalue weighted by Crippen LogP contribution is 2.22. The molecule has 11 heteroatoms. The van der Waals surface area contributed by atoms with Crippen LogP contribution >= 0.6 is 0 Å². The van der Waals surface area contributed by atoms with Gasteiger partial charge in [0.25, 0.3) is 5.69 Å². The van der Waals surface area contributed by atoms with E-state index < -0.39 is 33.0 Å². The molecule has 142 valence electrons. The van der Waals surface area contributed by atoms with Crippen molar-refractivity contribution >= 4 is 27.5 Å². The first-order chi connectivity index (χ1) is 12.8. The van der Waals surface area contributed by atoms with Crippen LogP contribution in [0.25, 0.3) is 0 Å². The van der Waals surface area contributed by atoms with Gasteiger partial charge in [-0.2, -0.15) is 0 Å². The predicted molar refractivity (Wildman–Crippen MR) is 92.3 cm³/mol. The molecule has 0 spiro atoms. The van der Waals surface area contributed by atoms with Gasteiger partial charge in [0.05, 0.1) is 16.4 Å². The summed E-state index contributed by atoms with van der Waals surface area (Å²) in [7, 11) is -4.02. The number of nitrogens with zero attached hydrogens (tertiary/aromatic N) is 2. The van der Waals surface area contributed by atoms with Crippen molar-refractivity contribution in [1.82, 2.24) is 4.72 Å². The van der Waals surface area contributed by atoms with Gasteiger partial charge in [-0.25, -0.2) is 22.3 Å². The third-order valence-electron chi connectivity index (χ3n) is 3.85. The lowest BCUT2D eigenvalue weighted by Crippen LogP contribution is -2.34. The molecule has 1 aliphatic heterocycles. The molecule has 0 saturated carbocycles. The number of halogens is 1. The standard InChI is InChI=1S/C16H14FN3O6S/c17-11-4-6-12(7-5-11)19-10-14(26-16(19)21)9-18-27(24,25)15-3-1-2-13(8-15)20(22)23/h1-8,14,18H,9-10H2. The second-order valence-electron chi connectivity index (χ2n) is 5.70. The molecule has 9 nitrogen and oxygen atoms in total. The Morgan fingerprint density at radius 2 is 1.96 bits per heavy atom. The number of cyclic esters (lactones) is 1. The van der Waals surface area contributed by atoms with Crippen molar-refractivity contribution < 1.29 is 27.3 Å². The number of hydrogen-bond donors (Lipinski definition) is 1. The zero-order valence-corrected chi connectivity index (χ0v) is 14.6. The predicted octanol–water partition coefficient (Wildman–Crippen LogP) is 2.04. The average molecular weight is 395 g/mol. The fourth-order valence-corrected chi connectivity index (χ4v) is 3.62. The summed E-state index contributed by atoms with van der Waals surface area (Å²) in [4.78, 5) is 23.0. The first-order valence-electron chi connectivity index (χ1n) is 7.74. The maximum absolute atomic E-state index is 13.0. The number of nitro groups is 1. The Labute approximate surface area is 153 Å². The third kappa shape index (κ3) is 4.20. The minimum Gasteiger partial charge on any atom is -0.443 e. The van der Waals surface area contributed by atoms with Gasteiger partial charge in [-0.05, 0) is 30.3 Å². The molecule has 1 heterocycles. The van der Waals surface area contributed by atoms with Crippen LogP contribution in [0.2, 0.25) is 0 Å². The molecule has 1 unspecified atom stereocenters. The summed E-state index contributed by atoms with van der Waals surface area (Å²) in [5.74, 6) is -0.451. The number of amides is 1. The van der Waals surface area contributed by atoms with Crippen LogP contribution in [0.1, 0.15) is 0 Å². The summed E-state index contributed by atoms with van der Waals surface area (Å²) < 4.78 is 45.0. The van der Waals surface area contributed by atoms with Crippen molar-refractivity contribution in [3.63, 3.8) is 0 Å². The van der Waals surface area contributed by atoms with Crippen molar-refractivity contribution in [1.29, 1.82) is 0 Å². The van der Waals surface area contributed by atoms with Crippen molar-refractivity contribution in [3.8, 4) is 0 Å². The summed E-state index contributed by atoms with van der Waals surface area (Å²) in [6, 6.07) is 9.81. The van der Waals surface area contributed by atoms with Crippen LogP contribution in [-0.2, 0) is 14.8 Å². The van der Waals surface area contributed by atoms with Gasteiger partial charge in [-0.1, -0.05) is 6.07 Å². The number of non-ortho nitro benzene ring substituents is 1. The topological polar surface area (TPSA) is 119 Å². The second kappa shape index (κ2) is 7.29. The van der Waals surface area contributed by atoms with Crippen molar-refractivity contribution in [2.24, 2.45) is 0 Å². The molecular weight excluding hydrogens is 381 g/mol. The molecule has 0 aromatic heterocycles. The molecular formula is C16H14FN3O6S. The first kappa shape index (κ1) is 18.7. The lowest BCUT2D eigenvalue weighted by molar-refractivity contribution is -0.385. The maximum atomic E-state index is 13.0. The first-order valence-corrected chi connectivity index (χ1v) is 9.22. The molecule has 2 aromatic rings. The molecule has 2 aromatic carbocycles. The lowest BCUT2D eigenvalue weighted by Gasteiger charge is -2.13. The van der Waals surface area contributed by atoms with Gasteiger partial charge in [-0.3, -0.25) is 15.0 Å². The van der Waals surface area contributed by atoms with Crippen LogP contribution in [0.5, 0.6) is 0 Å². The maximum Gasteiger partial charge on any atom is 0.414 e. The Bertz CT molecular complexity index is 980. The number of sulfonamides is 1. The van der Waals surface area contributed by atoms with Crippen LogP contribution in [0.4, 0.5) is 20.6 Å². The number of rotatable bonds is 6. The molecule has 0 radical (unpaired) electrons. The summed E-state index contributed by atoms with van der Waals surface area (Å²) >= 11 is 0. The summed E-state index contributed by atoms with van der Waals surface area (Å²) in [5.41, 5.74) is 0.0677. The fourth-order valence-electron chi connectivity index (χ4n) is 2.51. The number of nitrogens with one attached hydrogen (secondary N) is 1. The van der Waals surface area contributed by atoms with Gasteiger partial charge in [0.15, 0.2) is 0 Å². The molecule has 1 N–H and O–H groups in total. The molecule has 0 bridgehead atoms. The Hall–Kier alpha value is -3.05. The van der Waals surface area contributed by atoms with E-state index in [0.29, 0.717) is 5.69 Å². The summed E-state index contributed by atoms with van der Waals surface area (Å²) in [5, 5.41) is 10.8. The minimum absolute atomic E-state index is 0.0714. The summed E-state index contributed by atoms with van der Waals surface area (Å²) in [6.45, 7) is -0.142. The van der Waals surface area contributed by atoms with E-state index in [2.05, 4.69) is 4.72 Å². The van der Waals surface area contributed by atoms with Crippen molar-refractivity contribution in [3.05, 3.63) is 64.5 Å². The summed E-state index contributed by atoms with van der Waals surface area (Å²) in [6.07, 6.45) is -1.45. The zero-order valence-electron chi connectivity index (χ0n) is 13.7. The highest BCUT2D eigenvalue weighted by molar-refractivity contribution is 7.89.